The minimum atomic E-state index is 0.207. The molecule has 2 heterocycles. The van der Waals surface area contributed by atoms with Crippen LogP contribution in [0.5, 0.6) is 0 Å². The van der Waals surface area contributed by atoms with E-state index in [9.17, 15) is 4.79 Å². The van der Waals surface area contributed by atoms with Gasteiger partial charge in [0, 0.05) is 60.1 Å². The van der Waals surface area contributed by atoms with Crippen molar-refractivity contribution in [1.29, 1.82) is 0 Å². The number of rotatable bonds is 7. The Balaban J connectivity index is 1.06. The smallest absolute Gasteiger partial charge is 0.227 e. The first-order chi connectivity index (χ1) is 19.1. The zero-order valence-electron chi connectivity index (χ0n) is 23.0. The molecule has 4 heteroatoms. The van der Waals surface area contributed by atoms with E-state index < -0.39 is 0 Å². The van der Waals surface area contributed by atoms with Gasteiger partial charge in [-0.2, -0.15) is 0 Å². The summed E-state index contributed by atoms with van der Waals surface area (Å²) in [6.45, 7) is 8.29. The highest BCUT2D eigenvalue weighted by Gasteiger charge is 2.32. The second kappa shape index (κ2) is 11.1. The maximum Gasteiger partial charge on any atom is 0.227 e. The van der Waals surface area contributed by atoms with Gasteiger partial charge in [0.1, 0.15) is 0 Å². The molecule has 0 N–H and O–H groups in total. The molecule has 0 aliphatic carbocycles. The monoisotopic (exact) mass is 515 g/mol. The van der Waals surface area contributed by atoms with Crippen molar-refractivity contribution in [3.63, 3.8) is 0 Å². The highest BCUT2D eigenvalue weighted by molar-refractivity contribution is 6.07. The van der Waals surface area contributed by atoms with Crippen LogP contribution >= 0.6 is 0 Å². The van der Waals surface area contributed by atoms with Gasteiger partial charge in [0.2, 0.25) is 5.91 Å². The van der Waals surface area contributed by atoms with Crippen molar-refractivity contribution in [2.24, 2.45) is 0 Å². The number of para-hydroxylation sites is 2. The molecule has 0 saturated carbocycles. The zero-order chi connectivity index (χ0) is 26.8. The number of aryl methyl sites for hydroxylation is 1. The molecule has 1 fully saturated rings. The molecule has 0 spiro atoms. The number of hydrogen-bond acceptors (Lipinski definition) is 2. The van der Waals surface area contributed by atoms with E-state index in [0.29, 0.717) is 6.42 Å². The highest BCUT2D eigenvalue weighted by Crippen LogP contribution is 2.29. The zero-order valence-corrected chi connectivity index (χ0v) is 23.0. The van der Waals surface area contributed by atoms with Gasteiger partial charge in [-0.3, -0.25) is 9.69 Å². The lowest BCUT2D eigenvalue weighted by atomic mass is 10.0. The first-order valence-electron chi connectivity index (χ1n) is 14.2. The second-order valence-corrected chi connectivity index (χ2v) is 11.0. The molecule has 1 amide bonds. The van der Waals surface area contributed by atoms with Crippen molar-refractivity contribution in [2.75, 3.05) is 19.6 Å². The fraction of sp³-hybridized carbons (Fsp3) is 0.286. The molecule has 4 nitrogen and oxygen atoms in total. The van der Waals surface area contributed by atoms with Crippen LogP contribution in [0.3, 0.4) is 0 Å². The van der Waals surface area contributed by atoms with Crippen molar-refractivity contribution in [3.05, 3.63) is 109 Å². The lowest BCUT2D eigenvalue weighted by Gasteiger charge is -2.44. The molecule has 1 saturated heterocycles. The number of amides is 1. The molecule has 1 aliphatic rings. The lowest BCUT2D eigenvalue weighted by Crippen LogP contribution is -2.59. The van der Waals surface area contributed by atoms with Gasteiger partial charge in [0.05, 0.1) is 6.42 Å². The Bertz CT molecular complexity index is 1510. The third-order valence-electron chi connectivity index (χ3n) is 8.23. The SMILES string of the molecule is C[C@@H]1CN(CCCn2c3ccccc3c3ccccc32)C[C@H](C)N1C(=O)Cc1ccc(-c2ccccc2)cc1. The largest absolute Gasteiger partial charge is 0.340 e. The van der Waals surface area contributed by atoms with E-state index in [4.69, 9.17) is 0 Å². The molecule has 1 aromatic heterocycles. The van der Waals surface area contributed by atoms with Gasteiger partial charge in [-0.05, 0) is 49.1 Å². The number of carbonyl (C=O) groups is 1. The Morgan fingerprint density at radius 2 is 1.21 bits per heavy atom. The van der Waals surface area contributed by atoms with Crippen LogP contribution in [0.2, 0.25) is 0 Å². The van der Waals surface area contributed by atoms with Crippen LogP contribution in [-0.4, -0.2) is 52.0 Å². The predicted molar refractivity (Wildman–Crippen MR) is 162 cm³/mol. The van der Waals surface area contributed by atoms with Crippen LogP contribution < -0.4 is 0 Å². The molecule has 6 rings (SSSR count). The van der Waals surface area contributed by atoms with Gasteiger partial charge >= 0.3 is 0 Å². The summed E-state index contributed by atoms with van der Waals surface area (Å²) in [6.07, 6.45) is 1.54. The fourth-order valence-electron chi connectivity index (χ4n) is 6.51. The van der Waals surface area contributed by atoms with Gasteiger partial charge in [0.15, 0.2) is 0 Å². The third-order valence-corrected chi connectivity index (χ3v) is 8.23. The van der Waals surface area contributed by atoms with Crippen LogP contribution in [0.15, 0.2) is 103 Å². The average Bonchev–Trinajstić information content (AvgIpc) is 3.27. The number of hydrogen-bond donors (Lipinski definition) is 0. The molecular weight excluding hydrogens is 478 g/mol. The molecule has 1 aliphatic heterocycles. The summed E-state index contributed by atoms with van der Waals surface area (Å²) in [5.41, 5.74) is 6.09. The molecule has 2 atom stereocenters. The number of fused-ring (bicyclic) bond motifs is 3. The summed E-state index contributed by atoms with van der Waals surface area (Å²) >= 11 is 0. The number of nitrogens with zero attached hydrogens (tertiary/aromatic N) is 3. The topological polar surface area (TPSA) is 28.5 Å². The van der Waals surface area contributed by atoms with Crippen molar-refractivity contribution in [3.8, 4) is 11.1 Å². The van der Waals surface area contributed by atoms with Crippen LogP contribution in [-0.2, 0) is 17.8 Å². The normalized spacial score (nSPS) is 18.2. The summed E-state index contributed by atoms with van der Waals surface area (Å²) in [4.78, 5) is 18.0. The van der Waals surface area contributed by atoms with Gasteiger partial charge in [-0.1, -0.05) is 91.0 Å². The first-order valence-corrected chi connectivity index (χ1v) is 14.2. The summed E-state index contributed by atoms with van der Waals surface area (Å²) < 4.78 is 2.47. The Labute approximate surface area is 231 Å². The minimum Gasteiger partial charge on any atom is -0.340 e. The van der Waals surface area contributed by atoms with Gasteiger partial charge < -0.3 is 9.47 Å². The summed E-state index contributed by atoms with van der Waals surface area (Å²) in [5, 5.41) is 2.66. The van der Waals surface area contributed by atoms with Crippen LogP contribution in [0.4, 0.5) is 0 Å². The quantitative estimate of drug-likeness (QED) is 0.233. The van der Waals surface area contributed by atoms with Gasteiger partial charge in [-0.25, -0.2) is 0 Å². The van der Waals surface area contributed by atoms with E-state index >= 15 is 0 Å². The van der Waals surface area contributed by atoms with Crippen molar-refractivity contribution in [1.82, 2.24) is 14.4 Å². The van der Waals surface area contributed by atoms with Gasteiger partial charge in [0.25, 0.3) is 0 Å². The first kappa shape index (κ1) is 25.4. The lowest BCUT2D eigenvalue weighted by molar-refractivity contribution is -0.138. The van der Waals surface area contributed by atoms with E-state index in [1.165, 1.54) is 32.9 Å². The summed E-state index contributed by atoms with van der Waals surface area (Å²) in [6, 6.07) is 36.7. The maximum absolute atomic E-state index is 13.4. The Morgan fingerprint density at radius 1 is 0.667 bits per heavy atom. The van der Waals surface area contributed by atoms with E-state index in [0.717, 1.165) is 38.2 Å². The highest BCUT2D eigenvalue weighted by atomic mass is 16.2. The average molecular weight is 516 g/mol. The van der Waals surface area contributed by atoms with Crippen molar-refractivity contribution >= 4 is 27.7 Å². The third kappa shape index (κ3) is 5.22. The predicted octanol–water partition coefficient (Wildman–Crippen LogP) is 7.02. The molecule has 39 heavy (non-hydrogen) atoms. The molecule has 5 aromatic rings. The molecule has 4 aromatic carbocycles. The number of aromatic nitrogens is 1. The Hall–Kier alpha value is -3.89. The Morgan fingerprint density at radius 3 is 1.82 bits per heavy atom. The second-order valence-electron chi connectivity index (χ2n) is 11.0. The van der Waals surface area contributed by atoms with Crippen LogP contribution in [0, 0.1) is 0 Å². The number of benzene rings is 4. The van der Waals surface area contributed by atoms with E-state index in [2.05, 4.69) is 125 Å². The van der Waals surface area contributed by atoms with Crippen molar-refractivity contribution < 1.29 is 4.79 Å². The molecule has 0 unspecified atom stereocenters. The van der Waals surface area contributed by atoms with Gasteiger partial charge in [-0.15, -0.1) is 0 Å². The van der Waals surface area contributed by atoms with Crippen molar-refractivity contribution in [2.45, 2.75) is 45.3 Å². The standard InChI is InChI=1S/C35H37N3O/c1-26-24-36(21-10-22-37-33-15-8-6-13-31(33)32-14-7-9-16-34(32)37)25-27(2)38(26)35(39)23-28-17-19-30(20-18-28)29-11-4-3-5-12-29/h3-9,11-20,26-27H,10,21-25H2,1-2H3/t26-,27+. The molecular formula is C35H37N3O. The van der Waals surface area contributed by atoms with Crippen LogP contribution in [0.1, 0.15) is 25.8 Å². The summed E-state index contributed by atoms with van der Waals surface area (Å²) in [5.74, 6) is 0.229. The minimum absolute atomic E-state index is 0.207. The molecule has 0 radical (unpaired) electrons. The number of carbonyl (C=O) groups excluding carboxylic acids is 1. The molecule has 0 bridgehead atoms. The Kier molecular flexibility index (Phi) is 7.21. The maximum atomic E-state index is 13.4. The summed E-state index contributed by atoms with van der Waals surface area (Å²) in [7, 11) is 0. The van der Waals surface area contributed by atoms with E-state index in [1.807, 2.05) is 6.07 Å². The van der Waals surface area contributed by atoms with Crippen LogP contribution in [0.25, 0.3) is 32.9 Å². The van der Waals surface area contributed by atoms with E-state index in [1.54, 1.807) is 0 Å². The molecule has 198 valence electrons. The fourth-order valence-corrected chi connectivity index (χ4v) is 6.51. The number of piperazine rings is 1. The van der Waals surface area contributed by atoms with E-state index in [-0.39, 0.29) is 18.0 Å².